The number of benzene rings is 1. The van der Waals surface area contributed by atoms with Crippen LogP contribution in [0, 0.1) is 0 Å². The Hall–Kier alpha value is -2.00. The zero-order valence-corrected chi connectivity index (χ0v) is 11.6. The molecule has 1 aromatic carbocycles. The highest BCUT2D eigenvalue weighted by atomic mass is 35.5. The minimum absolute atomic E-state index is 0.600. The van der Waals surface area contributed by atoms with Crippen LogP contribution in [0.3, 0.4) is 0 Å². The molecule has 0 unspecified atom stereocenters. The van der Waals surface area contributed by atoms with Crippen molar-refractivity contribution in [1.29, 1.82) is 0 Å². The van der Waals surface area contributed by atoms with Gasteiger partial charge in [0, 0.05) is 28.4 Å². The molecule has 0 bridgehead atoms. The van der Waals surface area contributed by atoms with Gasteiger partial charge in [0.1, 0.15) is 5.15 Å². The van der Waals surface area contributed by atoms with Crippen LogP contribution in [-0.4, -0.2) is 15.0 Å². The van der Waals surface area contributed by atoms with Crippen LogP contribution in [0.25, 0.3) is 22.3 Å². The van der Waals surface area contributed by atoms with Gasteiger partial charge in [-0.2, -0.15) is 0 Å². The molecule has 20 heavy (non-hydrogen) atoms. The first-order valence-corrected chi connectivity index (χ1v) is 7.10. The molecule has 2 heterocycles. The van der Waals surface area contributed by atoms with Crippen molar-refractivity contribution >= 4 is 22.5 Å². The van der Waals surface area contributed by atoms with Gasteiger partial charge in [0.2, 0.25) is 0 Å². The lowest BCUT2D eigenvalue weighted by Crippen LogP contribution is -1.98. The first-order valence-electron chi connectivity index (χ1n) is 6.72. The number of rotatable bonds is 1. The molecule has 1 aliphatic carbocycles. The van der Waals surface area contributed by atoms with Gasteiger partial charge in [-0.25, -0.2) is 9.97 Å². The van der Waals surface area contributed by atoms with E-state index in [1.54, 1.807) is 6.20 Å². The Morgan fingerprint density at radius 1 is 1.00 bits per heavy atom. The maximum absolute atomic E-state index is 6.31. The summed E-state index contributed by atoms with van der Waals surface area (Å²) in [5, 5.41) is 1.66. The summed E-state index contributed by atoms with van der Waals surface area (Å²) in [6.07, 6.45) is 4.89. The van der Waals surface area contributed by atoms with E-state index in [-0.39, 0.29) is 0 Å². The third-order valence-corrected chi connectivity index (χ3v) is 4.09. The zero-order valence-electron chi connectivity index (χ0n) is 10.8. The Bertz CT molecular complexity index is 809. The lowest BCUT2D eigenvalue weighted by atomic mass is 10.1. The lowest BCUT2D eigenvalue weighted by Gasteiger charge is -2.08. The highest BCUT2D eigenvalue weighted by Crippen LogP contribution is 2.31. The van der Waals surface area contributed by atoms with Crippen LogP contribution in [0.4, 0.5) is 0 Å². The maximum atomic E-state index is 6.31. The van der Waals surface area contributed by atoms with Gasteiger partial charge in [0.25, 0.3) is 0 Å². The van der Waals surface area contributed by atoms with E-state index in [2.05, 4.69) is 9.97 Å². The molecule has 0 saturated carbocycles. The fourth-order valence-electron chi connectivity index (χ4n) is 2.80. The number of pyridine rings is 1. The summed E-state index contributed by atoms with van der Waals surface area (Å²) in [4.78, 5) is 13.6. The second-order valence-corrected chi connectivity index (χ2v) is 5.35. The largest absolute Gasteiger partial charge is 0.256 e. The number of para-hydroxylation sites is 1. The summed E-state index contributed by atoms with van der Waals surface area (Å²) in [5.41, 5.74) is 4.16. The van der Waals surface area contributed by atoms with Gasteiger partial charge in [0.05, 0.1) is 5.52 Å². The van der Waals surface area contributed by atoms with Gasteiger partial charge in [0.15, 0.2) is 5.82 Å². The average molecular weight is 282 g/mol. The molecule has 0 radical (unpaired) electrons. The zero-order chi connectivity index (χ0) is 13.5. The van der Waals surface area contributed by atoms with Gasteiger partial charge in [-0.3, -0.25) is 4.98 Å². The van der Waals surface area contributed by atoms with Crippen molar-refractivity contribution in [2.45, 2.75) is 19.3 Å². The van der Waals surface area contributed by atoms with Crippen molar-refractivity contribution < 1.29 is 0 Å². The van der Waals surface area contributed by atoms with Crippen molar-refractivity contribution in [2.24, 2.45) is 0 Å². The Morgan fingerprint density at radius 3 is 2.85 bits per heavy atom. The monoisotopic (exact) mass is 281 g/mol. The maximum Gasteiger partial charge on any atom is 0.161 e. The summed E-state index contributed by atoms with van der Waals surface area (Å²) >= 11 is 6.31. The van der Waals surface area contributed by atoms with E-state index in [9.17, 15) is 0 Å². The highest BCUT2D eigenvalue weighted by Gasteiger charge is 2.19. The van der Waals surface area contributed by atoms with Gasteiger partial charge in [-0.1, -0.05) is 29.8 Å². The predicted octanol–water partition coefficient (Wildman–Crippen LogP) is 3.83. The number of aryl methyl sites for hydroxylation is 1. The molecule has 0 fully saturated rings. The molecular weight excluding hydrogens is 270 g/mol. The van der Waals surface area contributed by atoms with Gasteiger partial charge in [-0.05, 0) is 31.4 Å². The molecule has 4 heteroatoms. The molecule has 1 aliphatic rings. The number of hydrogen-bond donors (Lipinski definition) is 0. The minimum atomic E-state index is 0.600. The van der Waals surface area contributed by atoms with Crippen LogP contribution in [0.1, 0.15) is 17.7 Å². The van der Waals surface area contributed by atoms with Gasteiger partial charge < -0.3 is 0 Å². The summed E-state index contributed by atoms with van der Waals surface area (Å²) < 4.78 is 0. The quantitative estimate of drug-likeness (QED) is 0.636. The first kappa shape index (κ1) is 11.8. The number of nitrogens with zero attached hydrogens (tertiary/aromatic N) is 3. The third-order valence-electron chi connectivity index (χ3n) is 3.77. The van der Waals surface area contributed by atoms with Crippen molar-refractivity contribution in [1.82, 2.24) is 15.0 Å². The molecule has 0 N–H and O–H groups in total. The van der Waals surface area contributed by atoms with Crippen LogP contribution in [0.5, 0.6) is 0 Å². The summed E-state index contributed by atoms with van der Waals surface area (Å²) in [7, 11) is 0. The standard InChI is InChI=1S/C16H12ClN3/c17-15-12-5-3-7-14(12)19-16(20-15)11-8-9-18-13-6-2-1-4-10(11)13/h1-2,4,6,8-9H,3,5,7H2. The van der Waals surface area contributed by atoms with E-state index in [1.807, 2.05) is 30.3 Å². The molecule has 2 aromatic heterocycles. The summed E-state index contributed by atoms with van der Waals surface area (Å²) in [6, 6.07) is 9.98. The molecule has 0 aliphatic heterocycles. The van der Waals surface area contributed by atoms with Crippen LogP contribution in [-0.2, 0) is 12.8 Å². The van der Waals surface area contributed by atoms with Crippen LogP contribution in [0.2, 0.25) is 5.15 Å². The second kappa shape index (κ2) is 4.53. The SMILES string of the molecule is Clc1nc(-c2ccnc3ccccc23)nc2c1CCC2. The van der Waals surface area contributed by atoms with E-state index in [4.69, 9.17) is 16.6 Å². The van der Waals surface area contributed by atoms with E-state index in [0.717, 1.165) is 47.0 Å². The van der Waals surface area contributed by atoms with Gasteiger partial charge >= 0.3 is 0 Å². The van der Waals surface area contributed by atoms with Gasteiger partial charge in [-0.15, -0.1) is 0 Å². The average Bonchev–Trinajstić information content (AvgIpc) is 2.95. The Morgan fingerprint density at radius 2 is 1.90 bits per heavy atom. The molecule has 0 amide bonds. The van der Waals surface area contributed by atoms with Crippen molar-refractivity contribution in [2.75, 3.05) is 0 Å². The fraction of sp³-hybridized carbons (Fsp3) is 0.188. The molecular formula is C16H12ClN3. The number of fused-ring (bicyclic) bond motifs is 2. The minimum Gasteiger partial charge on any atom is -0.256 e. The second-order valence-electron chi connectivity index (χ2n) is 4.99. The van der Waals surface area contributed by atoms with Crippen molar-refractivity contribution in [3.8, 4) is 11.4 Å². The van der Waals surface area contributed by atoms with E-state index < -0.39 is 0 Å². The smallest absolute Gasteiger partial charge is 0.161 e. The van der Waals surface area contributed by atoms with E-state index >= 15 is 0 Å². The first-order chi connectivity index (χ1) is 9.83. The number of hydrogen-bond acceptors (Lipinski definition) is 3. The molecule has 4 rings (SSSR count). The van der Waals surface area contributed by atoms with Crippen LogP contribution >= 0.6 is 11.6 Å². The highest BCUT2D eigenvalue weighted by molar-refractivity contribution is 6.30. The summed E-state index contributed by atoms with van der Waals surface area (Å²) in [5.74, 6) is 0.703. The molecule has 3 aromatic rings. The third kappa shape index (κ3) is 1.78. The molecule has 3 nitrogen and oxygen atoms in total. The summed E-state index contributed by atoms with van der Waals surface area (Å²) in [6.45, 7) is 0. The topological polar surface area (TPSA) is 38.7 Å². The Kier molecular flexibility index (Phi) is 2.67. The number of halogens is 1. The number of aromatic nitrogens is 3. The van der Waals surface area contributed by atoms with E-state index in [1.165, 1.54) is 0 Å². The van der Waals surface area contributed by atoms with Crippen LogP contribution < -0.4 is 0 Å². The Labute approximate surface area is 121 Å². The normalized spacial score (nSPS) is 13.7. The predicted molar refractivity (Wildman–Crippen MR) is 79.8 cm³/mol. The molecule has 0 saturated heterocycles. The Balaban J connectivity index is 1.98. The molecule has 0 spiro atoms. The van der Waals surface area contributed by atoms with E-state index in [0.29, 0.717) is 11.0 Å². The molecule has 98 valence electrons. The van der Waals surface area contributed by atoms with Crippen LogP contribution in [0.15, 0.2) is 36.5 Å². The molecule has 0 atom stereocenters. The fourth-order valence-corrected chi connectivity index (χ4v) is 3.08. The van der Waals surface area contributed by atoms with Crippen molar-refractivity contribution in [3.05, 3.63) is 52.9 Å². The lowest BCUT2D eigenvalue weighted by molar-refractivity contribution is 0.900. The van der Waals surface area contributed by atoms with Crippen molar-refractivity contribution in [3.63, 3.8) is 0 Å².